The summed E-state index contributed by atoms with van der Waals surface area (Å²) in [4.78, 5) is 22.8. The van der Waals surface area contributed by atoms with Crippen molar-refractivity contribution < 1.29 is 9.72 Å². The Labute approximate surface area is 114 Å². The van der Waals surface area contributed by atoms with Crippen molar-refractivity contribution in [1.82, 2.24) is 5.32 Å². The molecule has 0 aliphatic heterocycles. The molecule has 0 aliphatic carbocycles. The lowest BCUT2D eigenvalue weighted by Crippen LogP contribution is -2.25. The highest BCUT2D eigenvalue weighted by molar-refractivity contribution is 7.12. The van der Waals surface area contributed by atoms with E-state index in [1.54, 1.807) is 31.2 Å². The third-order valence-electron chi connectivity index (χ3n) is 2.67. The quantitative estimate of drug-likeness (QED) is 0.688. The number of hydrogen-bond acceptors (Lipinski definition) is 4. The van der Waals surface area contributed by atoms with Crippen LogP contribution < -0.4 is 5.32 Å². The first kappa shape index (κ1) is 13.2. The summed E-state index contributed by atoms with van der Waals surface area (Å²) >= 11 is 1.36. The van der Waals surface area contributed by atoms with Crippen LogP contribution in [0.1, 0.15) is 28.2 Å². The number of carbonyl (C=O) groups is 1. The number of nitro groups is 1. The Balaban J connectivity index is 2.11. The smallest absolute Gasteiger partial charge is 0.269 e. The van der Waals surface area contributed by atoms with Gasteiger partial charge in [-0.15, -0.1) is 11.3 Å². The van der Waals surface area contributed by atoms with Gasteiger partial charge in [0.2, 0.25) is 0 Å². The molecule has 0 saturated heterocycles. The fourth-order valence-corrected chi connectivity index (χ4v) is 2.29. The van der Waals surface area contributed by atoms with Crippen molar-refractivity contribution in [3.8, 4) is 0 Å². The van der Waals surface area contributed by atoms with E-state index in [0.717, 1.165) is 0 Å². The zero-order valence-corrected chi connectivity index (χ0v) is 11.0. The second-order valence-electron chi connectivity index (χ2n) is 4.02. The molecule has 1 amide bonds. The van der Waals surface area contributed by atoms with Crippen LogP contribution in [0.25, 0.3) is 0 Å². The van der Waals surface area contributed by atoms with Gasteiger partial charge in [-0.3, -0.25) is 14.9 Å². The molecule has 0 spiro atoms. The third kappa shape index (κ3) is 3.17. The van der Waals surface area contributed by atoms with Gasteiger partial charge in [0.15, 0.2) is 0 Å². The van der Waals surface area contributed by atoms with Gasteiger partial charge >= 0.3 is 0 Å². The number of nitrogens with zero attached hydrogens (tertiary/aromatic N) is 1. The van der Waals surface area contributed by atoms with Crippen molar-refractivity contribution in [2.75, 3.05) is 0 Å². The van der Waals surface area contributed by atoms with Crippen LogP contribution in [0.5, 0.6) is 0 Å². The SMILES string of the molecule is CC(NC(=O)c1cccs1)c1cccc([N+](=O)[O-])c1. The summed E-state index contributed by atoms with van der Waals surface area (Å²) < 4.78 is 0. The molecule has 1 aromatic heterocycles. The van der Waals surface area contributed by atoms with Crippen LogP contribution in [0.4, 0.5) is 5.69 Å². The molecule has 2 rings (SSSR count). The molecule has 1 unspecified atom stereocenters. The third-order valence-corrected chi connectivity index (χ3v) is 3.54. The van der Waals surface area contributed by atoms with Crippen molar-refractivity contribution in [1.29, 1.82) is 0 Å². The number of amides is 1. The molecule has 0 aliphatic rings. The van der Waals surface area contributed by atoms with Gasteiger partial charge < -0.3 is 5.32 Å². The maximum Gasteiger partial charge on any atom is 0.269 e. The highest BCUT2D eigenvalue weighted by Gasteiger charge is 2.14. The molecular formula is C13H12N2O3S. The van der Waals surface area contributed by atoms with Crippen LogP contribution in [0, 0.1) is 10.1 Å². The largest absolute Gasteiger partial charge is 0.345 e. The van der Waals surface area contributed by atoms with Crippen molar-refractivity contribution >= 4 is 22.9 Å². The second kappa shape index (κ2) is 5.62. The van der Waals surface area contributed by atoms with E-state index < -0.39 is 4.92 Å². The Kier molecular flexibility index (Phi) is 3.91. The van der Waals surface area contributed by atoms with Crippen molar-refractivity contribution in [2.24, 2.45) is 0 Å². The molecule has 1 heterocycles. The van der Waals surface area contributed by atoms with Crippen LogP contribution in [0.2, 0.25) is 0 Å². The monoisotopic (exact) mass is 276 g/mol. The summed E-state index contributed by atoms with van der Waals surface area (Å²) in [6, 6.07) is 9.52. The molecule has 19 heavy (non-hydrogen) atoms. The fraction of sp³-hybridized carbons (Fsp3) is 0.154. The van der Waals surface area contributed by atoms with E-state index in [4.69, 9.17) is 0 Å². The molecule has 5 nitrogen and oxygen atoms in total. The number of carbonyl (C=O) groups excluding carboxylic acids is 1. The first-order valence-electron chi connectivity index (χ1n) is 5.66. The van der Waals surface area contributed by atoms with E-state index in [9.17, 15) is 14.9 Å². The van der Waals surface area contributed by atoms with E-state index in [1.807, 2.05) is 5.38 Å². The second-order valence-corrected chi connectivity index (χ2v) is 4.97. The molecule has 1 atom stereocenters. The maximum absolute atomic E-state index is 11.9. The minimum Gasteiger partial charge on any atom is -0.345 e. The Bertz CT molecular complexity index is 596. The zero-order chi connectivity index (χ0) is 13.8. The molecule has 1 N–H and O–H groups in total. The molecular weight excluding hydrogens is 264 g/mol. The Morgan fingerprint density at radius 2 is 2.16 bits per heavy atom. The van der Waals surface area contributed by atoms with Gasteiger partial charge in [0.1, 0.15) is 0 Å². The molecule has 6 heteroatoms. The maximum atomic E-state index is 11.9. The van der Waals surface area contributed by atoms with E-state index in [2.05, 4.69) is 5.32 Å². The first-order chi connectivity index (χ1) is 9.08. The van der Waals surface area contributed by atoms with Crippen LogP contribution in [-0.2, 0) is 0 Å². The molecule has 0 bridgehead atoms. The van der Waals surface area contributed by atoms with Gasteiger partial charge in [-0.25, -0.2) is 0 Å². The van der Waals surface area contributed by atoms with E-state index in [-0.39, 0.29) is 17.6 Å². The summed E-state index contributed by atoms with van der Waals surface area (Å²) in [7, 11) is 0. The Hall–Kier alpha value is -2.21. The van der Waals surface area contributed by atoms with Gasteiger partial charge in [-0.1, -0.05) is 18.2 Å². The number of nitro benzene ring substituents is 1. The molecule has 0 fully saturated rings. The number of nitrogens with one attached hydrogen (secondary N) is 1. The van der Waals surface area contributed by atoms with Gasteiger partial charge in [0.25, 0.3) is 11.6 Å². The minimum absolute atomic E-state index is 0.0229. The number of thiophene rings is 1. The van der Waals surface area contributed by atoms with Gasteiger partial charge in [0.05, 0.1) is 15.8 Å². The molecule has 0 radical (unpaired) electrons. The number of rotatable bonds is 4. The van der Waals surface area contributed by atoms with Gasteiger partial charge in [-0.2, -0.15) is 0 Å². The topological polar surface area (TPSA) is 72.2 Å². The van der Waals surface area contributed by atoms with Gasteiger partial charge in [0, 0.05) is 12.1 Å². The minimum atomic E-state index is -0.447. The summed E-state index contributed by atoms with van der Waals surface area (Å²) in [6.07, 6.45) is 0. The molecule has 1 aromatic carbocycles. The van der Waals surface area contributed by atoms with Crippen LogP contribution in [-0.4, -0.2) is 10.8 Å². The lowest BCUT2D eigenvalue weighted by Gasteiger charge is -2.13. The van der Waals surface area contributed by atoms with Crippen molar-refractivity contribution in [3.05, 3.63) is 62.3 Å². The summed E-state index contributed by atoms with van der Waals surface area (Å²) in [5, 5.41) is 15.3. The molecule has 0 saturated carbocycles. The molecule has 2 aromatic rings. The average molecular weight is 276 g/mol. The standard InChI is InChI=1S/C13H12N2O3S/c1-9(14-13(16)12-6-3-7-19-12)10-4-2-5-11(8-10)15(17)18/h2-9H,1H3,(H,14,16). The predicted octanol–water partition coefficient (Wildman–Crippen LogP) is 3.15. The summed E-state index contributed by atoms with van der Waals surface area (Å²) in [5.41, 5.74) is 0.730. The first-order valence-corrected chi connectivity index (χ1v) is 6.54. The number of non-ortho nitro benzene ring substituents is 1. The van der Waals surface area contributed by atoms with E-state index >= 15 is 0 Å². The Morgan fingerprint density at radius 1 is 1.37 bits per heavy atom. The van der Waals surface area contributed by atoms with Crippen molar-refractivity contribution in [3.63, 3.8) is 0 Å². The molecule has 98 valence electrons. The van der Waals surface area contributed by atoms with E-state index in [0.29, 0.717) is 10.4 Å². The average Bonchev–Trinajstić information content (AvgIpc) is 2.92. The summed E-state index contributed by atoms with van der Waals surface area (Å²) in [6.45, 7) is 1.80. The van der Waals surface area contributed by atoms with Crippen LogP contribution in [0.3, 0.4) is 0 Å². The van der Waals surface area contributed by atoms with E-state index in [1.165, 1.54) is 23.5 Å². The number of benzene rings is 1. The highest BCUT2D eigenvalue weighted by atomic mass is 32.1. The predicted molar refractivity (Wildman–Crippen MR) is 73.3 cm³/mol. The lowest BCUT2D eigenvalue weighted by atomic mass is 10.1. The normalized spacial score (nSPS) is 11.8. The summed E-state index contributed by atoms with van der Waals surface area (Å²) in [5.74, 6) is -0.172. The zero-order valence-electron chi connectivity index (χ0n) is 10.2. The Morgan fingerprint density at radius 3 is 2.79 bits per heavy atom. The van der Waals surface area contributed by atoms with Crippen molar-refractivity contribution in [2.45, 2.75) is 13.0 Å². The van der Waals surface area contributed by atoms with Crippen LogP contribution >= 0.6 is 11.3 Å². The lowest BCUT2D eigenvalue weighted by molar-refractivity contribution is -0.384. The fourth-order valence-electron chi connectivity index (χ4n) is 1.67. The number of hydrogen-bond donors (Lipinski definition) is 1. The van der Waals surface area contributed by atoms with Crippen LogP contribution in [0.15, 0.2) is 41.8 Å². The van der Waals surface area contributed by atoms with Gasteiger partial charge in [-0.05, 0) is 23.9 Å². The highest BCUT2D eigenvalue weighted by Crippen LogP contribution is 2.19.